The Balaban J connectivity index is 1.48. The lowest BCUT2D eigenvalue weighted by molar-refractivity contribution is -0.201. The van der Waals surface area contributed by atoms with E-state index in [4.69, 9.17) is 13.9 Å². The molecule has 196 valence electrons. The maximum Gasteiger partial charge on any atom is 0.192 e. The van der Waals surface area contributed by atoms with Crippen LogP contribution in [0.2, 0.25) is 18.1 Å². The van der Waals surface area contributed by atoms with Crippen molar-refractivity contribution < 1.29 is 19.0 Å². The number of aliphatic hydroxyl groups is 1. The first-order valence-electron chi connectivity index (χ1n) is 14.2. The maximum atomic E-state index is 11.4. The molecular formula is C29H52O4Si. The van der Waals surface area contributed by atoms with Crippen molar-refractivity contribution in [1.29, 1.82) is 0 Å². The average molecular weight is 493 g/mol. The van der Waals surface area contributed by atoms with Crippen LogP contribution >= 0.6 is 0 Å². The summed E-state index contributed by atoms with van der Waals surface area (Å²) in [5.74, 6) is 1.60. The maximum absolute atomic E-state index is 11.4. The fourth-order valence-electron chi connectivity index (χ4n) is 9.09. The Hall–Kier alpha value is 0.0569. The minimum atomic E-state index is -1.81. The summed E-state index contributed by atoms with van der Waals surface area (Å²) in [4.78, 5) is 0. The normalized spacial score (nSPS) is 52.5. The van der Waals surface area contributed by atoms with Gasteiger partial charge in [0.25, 0.3) is 0 Å². The summed E-state index contributed by atoms with van der Waals surface area (Å²) >= 11 is 0. The molecule has 4 saturated carbocycles. The second-order valence-corrected chi connectivity index (χ2v) is 20.3. The molecule has 5 heteroatoms. The summed E-state index contributed by atoms with van der Waals surface area (Å²) < 4.78 is 20.6. The van der Waals surface area contributed by atoms with Gasteiger partial charge in [0, 0.05) is 6.10 Å². The molecule has 5 aliphatic rings. The molecule has 4 aliphatic carbocycles. The van der Waals surface area contributed by atoms with Crippen LogP contribution in [0.25, 0.3) is 0 Å². The van der Waals surface area contributed by atoms with Crippen molar-refractivity contribution in [3.8, 4) is 0 Å². The first kappa shape index (κ1) is 25.7. The van der Waals surface area contributed by atoms with Crippen LogP contribution in [0, 0.1) is 34.5 Å². The molecule has 0 bridgehead atoms. The van der Waals surface area contributed by atoms with E-state index in [0.717, 1.165) is 25.7 Å². The van der Waals surface area contributed by atoms with Crippen molar-refractivity contribution in [2.45, 2.75) is 148 Å². The van der Waals surface area contributed by atoms with Crippen LogP contribution in [-0.2, 0) is 13.9 Å². The molecule has 0 spiro atoms. The standard InChI is InChI=1S/C29H52O4Si/c1-25(2,3)34(9,10)33-18-11-14-27(6)19-12-15-28(7)20(13-16-29(28,8)30)22(19)24-23(21(27)17-18)31-26(4,5)32-24/h18-24,30H,11-17H2,1-10H3/t18?,19-,20-,21+,22+,23+,24+,27+,28-,29-/m0/s1. The summed E-state index contributed by atoms with van der Waals surface area (Å²) in [6.45, 7) is 23.1. The van der Waals surface area contributed by atoms with Gasteiger partial charge in [-0.2, -0.15) is 0 Å². The molecule has 0 aromatic carbocycles. The molecule has 1 saturated heterocycles. The predicted molar refractivity (Wildman–Crippen MR) is 139 cm³/mol. The van der Waals surface area contributed by atoms with E-state index in [2.05, 4.69) is 68.5 Å². The Labute approximate surface area is 210 Å². The van der Waals surface area contributed by atoms with E-state index in [1.807, 2.05) is 0 Å². The fraction of sp³-hybridized carbons (Fsp3) is 1.00. The lowest BCUT2D eigenvalue weighted by Crippen LogP contribution is -2.64. The van der Waals surface area contributed by atoms with Gasteiger partial charge in [0.15, 0.2) is 14.1 Å². The zero-order valence-electron chi connectivity index (χ0n) is 23.7. The van der Waals surface area contributed by atoms with Gasteiger partial charge >= 0.3 is 0 Å². The third-order valence-corrected chi connectivity index (χ3v) is 16.9. The molecule has 1 unspecified atom stereocenters. The van der Waals surface area contributed by atoms with E-state index < -0.39 is 19.7 Å². The van der Waals surface area contributed by atoms with Crippen LogP contribution < -0.4 is 0 Å². The van der Waals surface area contributed by atoms with Crippen molar-refractivity contribution in [3.05, 3.63) is 0 Å². The average Bonchev–Trinajstić information content (AvgIpc) is 3.14. The van der Waals surface area contributed by atoms with E-state index in [1.54, 1.807) is 0 Å². The summed E-state index contributed by atoms with van der Waals surface area (Å²) in [5.41, 5.74) is -0.321. The van der Waals surface area contributed by atoms with Crippen molar-refractivity contribution in [2.24, 2.45) is 34.5 Å². The van der Waals surface area contributed by atoms with Gasteiger partial charge in [-0.15, -0.1) is 0 Å². The van der Waals surface area contributed by atoms with Crippen LogP contribution in [-0.4, -0.2) is 43.1 Å². The van der Waals surface area contributed by atoms with Crippen LogP contribution in [0.4, 0.5) is 0 Å². The molecule has 10 atom stereocenters. The zero-order chi connectivity index (χ0) is 25.1. The highest BCUT2D eigenvalue weighted by molar-refractivity contribution is 6.74. The molecule has 34 heavy (non-hydrogen) atoms. The predicted octanol–water partition coefficient (Wildman–Crippen LogP) is 6.91. The van der Waals surface area contributed by atoms with Gasteiger partial charge in [-0.3, -0.25) is 0 Å². The summed E-state index contributed by atoms with van der Waals surface area (Å²) in [7, 11) is -1.81. The van der Waals surface area contributed by atoms with Gasteiger partial charge in [0.2, 0.25) is 0 Å². The first-order valence-corrected chi connectivity index (χ1v) is 17.1. The number of fused-ring (bicyclic) bond motifs is 8. The summed E-state index contributed by atoms with van der Waals surface area (Å²) in [6, 6.07) is 0. The van der Waals surface area contributed by atoms with E-state index in [0.29, 0.717) is 29.8 Å². The highest BCUT2D eigenvalue weighted by Crippen LogP contribution is 2.70. The second kappa shape index (κ2) is 7.55. The fourth-order valence-corrected chi connectivity index (χ4v) is 10.5. The molecule has 0 aromatic rings. The van der Waals surface area contributed by atoms with Gasteiger partial charge in [0.1, 0.15) is 0 Å². The van der Waals surface area contributed by atoms with Crippen molar-refractivity contribution in [1.82, 2.24) is 0 Å². The second-order valence-electron chi connectivity index (χ2n) is 15.5. The first-order chi connectivity index (χ1) is 15.4. The third-order valence-electron chi connectivity index (χ3n) is 12.3. The van der Waals surface area contributed by atoms with Gasteiger partial charge < -0.3 is 19.0 Å². The van der Waals surface area contributed by atoms with E-state index in [-0.39, 0.29) is 28.1 Å². The third kappa shape index (κ3) is 3.57. The molecular weight excluding hydrogens is 440 g/mol. The quantitative estimate of drug-likeness (QED) is 0.425. The van der Waals surface area contributed by atoms with Gasteiger partial charge in [-0.25, -0.2) is 0 Å². The molecule has 1 N–H and O–H groups in total. The summed E-state index contributed by atoms with van der Waals surface area (Å²) in [6.07, 6.45) is 8.51. The minimum Gasteiger partial charge on any atom is -0.414 e. The SMILES string of the molecule is CC1(C)O[C@H]2[C@H](O1)[C@H]1CC(O[Si](C)(C)C(C)(C)C)CC[C@]1(C)[C@H]1CC[C@@]3(C)[C@@H](CC[C@]3(C)O)[C@H]21. The summed E-state index contributed by atoms with van der Waals surface area (Å²) in [5, 5.41) is 11.6. The number of hydrogen-bond acceptors (Lipinski definition) is 4. The molecule has 0 aromatic heterocycles. The molecule has 4 nitrogen and oxygen atoms in total. The topological polar surface area (TPSA) is 47.9 Å². The molecule has 1 heterocycles. The Morgan fingerprint density at radius 2 is 1.44 bits per heavy atom. The molecule has 0 amide bonds. The Kier molecular flexibility index (Phi) is 5.71. The highest BCUT2D eigenvalue weighted by Gasteiger charge is 2.70. The van der Waals surface area contributed by atoms with E-state index >= 15 is 0 Å². The number of rotatable bonds is 2. The number of ether oxygens (including phenoxy) is 2. The monoisotopic (exact) mass is 492 g/mol. The lowest BCUT2D eigenvalue weighted by atomic mass is 9.43. The highest BCUT2D eigenvalue weighted by atomic mass is 28.4. The van der Waals surface area contributed by atoms with Gasteiger partial charge in [-0.05, 0) is 118 Å². The Morgan fingerprint density at radius 3 is 2.09 bits per heavy atom. The van der Waals surface area contributed by atoms with Crippen LogP contribution in [0.15, 0.2) is 0 Å². The molecule has 1 aliphatic heterocycles. The largest absolute Gasteiger partial charge is 0.414 e. The van der Waals surface area contributed by atoms with Crippen LogP contribution in [0.3, 0.4) is 0 Å². The van der Waals surface area contributed by atoms with Gasteiger partial charge in [0.05, 0.1) is 17.8 Å². The van der Waals surface area contributed by atoms with Crippen LogP contribution in [0.1, 0.15) is 100 Å². The van der Waals surface area contributed by atoms with E-state index in [1.165, 1.54) is 19.3 Å². The molecule has 5 rings (SSSR count). The van der Waals surface area contributed by atoms with Crippen LogP contribution in [0.5, 0.6) is 0 Å². The van der Waals surface area contributed by atoms with E-state index in [9.17, 15) is 5.11 Å². The van der Waals surface area contributed by atoms with Crippen molar-refractivity contribution in [3.63, 3.8) is 0 Å². The Bertz CT molecular complexity index is 815. The van der Waals surface area contributed by atoms with Crippen molar-refractivity contribution in [2.75, 3.05) is 0 Å². The zero-order valence-corrected chi connectivity index (χ0v) is 24.7. The Morgan fingerprint density at radius 1 is 0.824 bits per heavy atom. The van der Waals surface area contributed by atoms with Crippen molar-refractivity contribution >= 4 is 8.32 Å². The minimum absolute atomic E-state index is 0.0132. The molecule has 0 radical (unpaired) electrons. The lowest BCUT2D eigenvalue weighted by Gasteiger charge is -2.64. The molecule has 5 fully saturated rings. The van der Waals surface area contributed by atoms with Gasteiger partial charge in [-0.1, -0.05) is 34.6 Å². The number of hydrogen-bond donors (Lipinski definition) is 1. The smallest absolute Gasteiger partial charge is 0.192 e.